The van der Waals surface area contributed by atoms with Crippen LogP contribution in [-0.4, -0.2) is 17.5 Å². The number of hydrogen-bond donors (Lipinski definition) is 0. The van der Waals surface area contributed by atoms with Crippen LogP contribution >= 0.6 is 0 Å². The lowest BCUT2D eigenvalue weighted by Crippen LogP contribution is -2.26. The van der Waals surface area contributed by atoms with Crippen LogP contribution < -0.4 is 4.74 Å². The van der Waals surface area contributed by atoms with Crippen molar-refractivity contribution in [2.75, 3.05) is 0 Å². The number of benzene rings is 1. The molecule has 0 N–H and O–H groups in total. The molecule has 1 aliphatic heterocycles. The van der Waals surface area contributed by atoms with Crippen LogP contribution in [0.1, 0.15) is 16.8 Å². The van der Waals surface area contributed by atoms with Crippen LogP contribution in [0.3, 0.4) is 0 Å². The zero-order valence-corrected chi connectivity index (χ0v) is 10.8. The minimum atomic E-state index is -2.63. The van der Waals surface area contributed by atoms with Crippen molar-refractivity contribution in [3.63, 3.8) is 0 Å². The molecule has 1 atom stereocenters. The fourth-order valence-corrected chi connectivity index (χ4v) is 2.22. The summed E-state index contributed by atoms with van der Waals surface area (Å²) < 4.78 is 31.3. The zero-order chi connectivity index (χ0) is 14.8. The van der Waals surface area contributed by atoms with Crippen LogP contribution in [0.15, 0.2) is 48.7 Å². The number of nitrogens with zero attached hydrogens (tertiary/aromatic N) is 2. The quantitative estimate of drug-likeness (QED) is 0.849. The maximum absolute atomic E-state index is 13.0. The third-order valence-corrected chi connectivity index (χ3v) is 3.18. The number of rotatable bonds is 2. The predicted molar refractivity (Wildman–Crippen MR) is 72.9 cm³/mol. The molecule has 1 aliphatic rings. The number of ether oxygens (including phenoxy) is 1. The van der Waals surface area contributed by atoms with Crippen molar-refractivity contribution >= 4 is 5.57 Å². The molecule has 0 amide bonds. The normalized spacial score (nSPS) is 16.7. The first-order chi connectivity index (χ1) is 10.2. The molecule has 1 aromatic carbocycles. The monoisotopic (exact) mass is 284 g/mol. The summed E-state index contributed by atoms with van der Waals surface area (Å²) in [6.45, 7) is 0. The fourth-order valence-electron chi connectivity index (χ4n) is 2.22. The Balaban J connectivity index is 2.17. The van der Waals surface area contributed by atoms with Gasteiger partial charge < -0.3 is 4.74 Å². The number of halogens is 2. The molecule has 2 heterocycles. The van der Waals surface area contributed by atoms with Gasteiger partial charge in [0.1, 0.15) is 5.75 Å². The van der Waals surface area contributed by atoms with Crippen molar-refractivity contribution in [2.24, 2.45) is 0 Å². The summed E-state index contributed by atoms with van der Waals surface area (Å²) in [6.07, 6.45) is -0.997. The Morgan fingerprint density at radius 2 is 2.10 bits per heavy atom. The van der Waals surface area contributed by atoms with E-state index in [4.69, 9.17) is 10.00 Å². The molecule has 104 valence electrons. The highest BCUT2D eigenvalue weighted by Crippen LogP contribution is 2.37. The lowest BCUT2D eigenvalue weighted by molar-refractivity contribution is 0.0373. The summed E-state index contributed by atoms with van der Waals surface area (Å²) in [5, 5.41) is 8.99. The van der Waals surface area contributed by atoms with Crippen LogP contribution in [0.4, 0.5) is 8.78 Å². The first-order valence-corrected chi connectivity index (χ1v) is 6.31. The van der Waals surface area contributed by atoms with Crippen LogP contribution in [-0.2, 0) is 0 Å². The van der Waals surface area contributed by atoms with Gasteiger partial charge in [-0.05, 0) is 36.4 Å². The van der Waals surface area contributed by atoms with Crippen molar-refractivity contribution in [1.82, 2.24) is 4.98 Å². The van der Waals surface area contributed by atoms with Crippen LogP contribution in [0.25, 0.3) is 5.57 Å². The van der Waals surface area contributed by atoms with Gasteiger partial charge in [-0.25, -0.2) is 8.78 Å². The van der Waals surface area contributed by atoms with Crippen LogP contribution in [0, 0.1) is 11.3 Å². The third-order valence-electron chi connectivity index (χ3n) is 3.18. The molecular weight excluding hydrogens is 274 g/mol. The molecule has 1 aromatic heterocycles. The minimum Gasteiger partial charge on any atom is -0.480 e. The van der Waals surface area contributed by atoms with E-state index >= 15 is 0 Å². The molecule has 0 saturated carbocycles. The van der Waals surface area contributed by atoms with Gasteiger partial charge in [0, 0.05) is 17.3 Å². The molecule has 1 unspecified atom stereocenters. The Hall–Kier alpha value is -2.74. The van der Waals surface area contributed by atoms with E-state index in [-0.39, 0.29) is 0 Å². The van der Waals surface area contributed by atoms with Crippen molar-refractivity contribution in [1.29, 1.82) is 5.26 Å². The summed E-state index contributed by atoms with van der Waals surface area (Å²) in [4.78, 5) is 4.20. The third kappa shape index (κ3) is 2.48. The second-order valence-electron chi connectivity index (χ2n) is 4.53. The number of fused-ring (bicyclic) bond motifs is 1. The van der Waals surface area contributed by atoms with E-state index in [1.165, 1.54) is 6.08 Å². The summed E-state index contributed by atoms with van der Waals surface area (Å²) in [5.41, 5.74) is 2.17. The molecule has 21 heavy (non-hydrogen) atoms. The second kappa shape index (κ2) is 5.33. The van der Waals surface area contributed by atoms with Gasteiger partial charge in [-0.15, -0.1) is 0 Å². The molecule has 0 saturated heterocycles. The van der Waals surface area contributed by atoms with Gasteiger partial charge in [0.2, 0.25) is 0 Å². The summed E-state index contributed by atoms with van der Waals surface area (Å²) in [7, 11) is 0. The molecular formula is C16H10F2N2O. The molecule has 0 aliphatic carbocycles. The van der Waals surface area contributed by atoms with Crippen molar-refractivity contribution in [3.8, 4) is 11.8 Å². The number of aromatic nitrogens is 1. The van der Waals surface area contributed by atoms with Gasteiger partial charge in [-0.1, -0.05) is 6.07 Å². The van der Waals surface area contributed by atoms with E-state index in [2.05, 4.69) is 4.98 Å². The molecule has 0 spiro atoms. The number of alkyl halides is 2. The first-order valence-electron chi connectivity index (χ1n) is 6.31. The van der Waals surface area contributed by atoms with Crippen LogP contribution in [0.2, 0.25) is 0 Å². The Kier molecular flexibility index (Phi) is 3.36. The lowest BCUT2D eigenvalue weighted by Gasteiger charge is -2.25. The molecule has 0 radical (unpaired) electrons. The summed E-state index contributed by atoms with van der Waals surface area (Å²) in [6, 6.07) is 12.0. The average molecular weight is 284 g/mol. The lowest BCUT2D eigenvalue weighted by atomic mass is 9.95. The Bertz CT molecular complexity index is 736. The van der Waals surface area contributed by atoms with E-state index in [1.54, 1.807) is 42.6 Å². The van der Waals surface area contributed by atoms with Gasteiger partial charge in [0.15, 0.2) is 6.10 Å². The highest BCUT2D eigenvalue weighted by Gasteiger charge is 2.28. The molecule has 0 bridgehead atoms. The number of nitriles is 1. The SMILES string of the molecule is N#Cc1ccc2c(c1)C(c1ccccn1)=CC(C(F)F)O2. The zero-order valence-electron chi connectivity index (χ0n) is 10.8. The highest BCUT2D eigenvalue weighted by molar-refractivity contribution is 5.83. The van der Waals surface area contributed by atoms with Crippen molar-refractivity contribution < 1.29 is 13.5 Å². The fraction of sp³-hybridized carbons (Fsp3) is 0.125. The van der Waals surface area contributed by atoms with E-state index in [0.29, 0.717) is 28.1 Å². The van der Waals surface area contributed by atoms with Crippen molar-refractivity contribution in [3.05, 3.63) is 65.5 Å². The summed E-state index contributed by atoms with van der Waals surface area (Å²) >= 11 is 0. The van der Waals surface area contributed by atoms with Gasteiger partial charge in [0.25, 0.3) is 6.43 Å². The van der Waals surface area contributed by atoms with Gasteiger partial charge in [-0.3, -0.25) is 4.98 Å². The minimum absolute atomic E-state index is 0.336. The maximum atomic E-state index is 13.0. The maximum Gasteiger partial charge on any atom is 0.278 e. The Labute approximate surface area is 120 Å². The van der Waals surface area contributed by atoms with Gasteiger partial charge >= 0.3 is 0 Å². The van der Waals surface area contributed by atoms with Gasteiger partial charge in [0.05, 0.1) is 17.3 Å². The molecule has 2 aromatic rings. The average Bonchev–Trinajstić information content (AvgIpc) is 2.54. The van der Waals surface area contributed by atoms with Gasteiger partial charge in [-0.2, -0.15) is 5.26 Å². The molecule has 3 rings (SSSR count). The van der Waals surface area contributed by atoms with E-state index < -0.39 is 12.5 Å². The van der Waals surface area contributed by atoms with E-state index in [9.17, 15) is 8.78 Å². The topological polar surface area (TPSA) is 45.9 Å². The number of hydrogen-bond acceptors (Lipinski definition) is 3. The molecule has 0 fully saturated rings. The Morgan fingerprint density at radius 3 is 2.76 bits per heavy atom. The Morgan fingerprint density at radius 1 is 1.24 bits per heavy atom. The van der Waals surface area contributed by atoms with E-state index in [0.717, 1.165) is 0 Å². The second-order valence-corrected chi connectivity index (χ2v) is 4.53. The van der Waals surface area contributed by atoms with E-state index in [1.807, 2.05) is 6.07 Å². The smallest absolute Gasteiger partial charge is 0.278 e. The highest BCUT2D eigenvalue weighted by atomic mass is 19.3. The standard InChI is InChI=1S/C16H10F2N2O/c17-16(18)15-8-11(13-3-1-2-6-20-13)12-7-10(9-19)4-5-14(12)21-15/h1-8,15-16H. The largest absolute Gasteiger partial charge is 0.480 e. The number of pyridine rings is 1. The van der Waals surface area contributed by atoms with Crippen LogP contribution in [0.5, 0.6) is 5.75 Å². The molecule has 3 nitrogen and oxygen atoms in total. The van der Waals surface area contributed by atoms with Crippen molar-refractivity contribution in [2.45, 2.75) is 12.5 Å². The predicted octanol–water partition coefficient (Wildman–Crippen LogP) is 3.41. The first kappa shape index (κ1) is 13.3. The molecule has 5 heteroatoms. The summed E-state index contributed by atoms with van der Waals surface area (Å²) in [5.74, 6) is 0.336.